The molecule has 0 saturated heterocycles. The number of carbonyl (C=O) groups is 2. The third-order valence-corrected chi connectivity index (χ3v) is 5.29. The van der Waals surface area contributed by atoms with Crippen LogP contribution in [0.3, 0.4) is 0 Å². The lowest BCUT2D eigenvalue weighted by Gasteiger charge is -2.15. The van der Waals surface area contributed by atoms with Crippen LogP contribution >= 0.6 is 0 Å². The smallest absolute Gasteiger partial charge is 0.282 e. The molecule has 1 aliphatic rings. The molecule has 0 spiro atoms. The van der Waals surface area contributed by atoms with Gasteiger partial charge >= 0.3 is 0 Å². The zero-order valence-electron chi connectivity index (χ0n) is 17.3. The Balaban J connectivity index is 1.76. The van der Waals surface area contributed by atoms with Gasteiger partial charge < -0.3 is 5.32 Å². The van der Waals surface area contributed by atoms with E-state index in [1.807, 2.05) is 73.7 Å². The Bertz CT molecular complexity index is 1110. The Morgan fingerprint density at radius 3 is 2.00 bits per heavy atom. The standard InChI is InChI=1S/C26H24N2O2/c1-17(2)19-11-13-21(14-12-19)27-24-23(20-7-5-4-6-8-20)25(29)28(26(24)30)22-15-9-18(3)10-16-22/h4-17,27H,1-3H3. The van der Waals surface area contributed by atoms with Crippen LogP contribution in [-0.2, 0) is 9.59 Å². The summed E-state index contributed by atoms with van der Waals surface area (Å²) >= 11 is 0. The third kappa shape index (κ3) is 3.64. The van der Waals surface area contributed by atoms with Crippen LogP contribution in [0, 0.1) is 6.92 Å². The first-order valence-corrected chi connectivity index (χ1v) is 10.1. The predicted molar refractivity (Wildman–Crippen MR) is 121 cm³/mol. The van der Waals surface area contributed by atoms with Gasteiger partial charge in [-0.3, -0.25) is 9.59 Å². The van der Waals surface area contributed by atoms with Crippen molar-refractivity contribution in [1.82, 2.24) is 0 Å². The molecule has 2 amide bonds. The second kappa shape index (κ2) is 7.99. The van der Waals surface area contributed by atoms with Crippen molar-refractivity contribution in [2.45, 2.75) is 26.7 Å². The van der Waals surface area contributed by atoms with Crippen LogP contribution in [0.1, 0.15) is 36.5 Å². The van der Waals surface area contributed by atoms with Crippen molar-refractivity contribution in [3.8, 4) is 0 Å². The number of anilines is 2. The first-order chi connectivity index (χ1) is 14.5. The predicted octanol–water partition coefficient (Wildman–Crippen LogP) is 5.52. The van der Waals surface area contributed by atoms with Crippen molar-refractivity contribution in [1.29, 1.82) is 0 Å². The lowest BCUT2D eigenvalue weighted by molar-refractivity contribution is -0.120. The molecular weight excluding hydrogens is 372 g/mol. The largest absolute Gasteiger partial charge is 0.350 e. The molecule has 0 aromatic heterocycles. The quantitative estimate of drug-likeness (QED) is 0.578. The van der Waals surface area contributed by atoms with Crippen molar-refractivity contribution < 1.29 is 9.59 Å². The summed E-state index contributed by atoms with van der Waals surface area (Å²) in [7, 11) is 0. The van der Waals surface area contributed by atoms with Gasteiger partial charge in [-0.15, -0.1) is 0 Å². The average molecular weight is 396 g/mol. The lowest BCUT2D eigenvalue weighted by atomic mass is 10.0. The van der Waals surface area contributed by atoms with Gasteiger partial charge in [-0.05, 0) is 48.2 Å². The monoisotopic (exact) mass is 396 g/mol. The van der Waals surface area contributed by atoms with Crippen molar-refractivity contribution in [3.63, 3.8) is 0 Å². The van der Waals surface area contributed by atoms with Crippen molar-refractivity contribution in [2.24, 2.45) is 0 Å². The van der Waals surface area contributed by atoms with Crippen LogP contribution in [0.15, 0.2) is 84.6 Å². The van der Waals surface area contributed by atoms with E-state index in [0.717, 1.165) is 11.3 Å². The summed E-state index contributed by atoms with van der Waals surface area (Å²) in [6.07, 6.45) is 0. The van der Waals surface area contributed by atoms with Crippen LogP contribution < -0.4 is 10.2 Å². The molecule has 1 heterocycles. The number of aryl methyl sites for hydroxylation is 1. The fourth-order valence-electron chi connectivity index (χ4n) is 3.54. The van der Waals surface area contributed by atoms with E-state index in [0.29, 0.717) is 28.4 Å². The van der Waals surface area contributed by atoms with Gasteiger partial charge in [0.05, 0.1) is 11.3 Å². The molecule has 0 atom stereocenters. The molecule has 0 saturated carbocycles. The summed E-state index contributed by atoms with van der Waals surface area (Å²) in [6.45, 7) is 6.24. The molecule has 1 aliphatic heterocycles. The Morgan fingerprint density at radius 2 is 1.40 bits per heavy atom. The molecule has 150 valence electrons. The van der Waals surface area contributed by atoms with Crippen molar-refractivity contribution in [2.75, 3.05) is 10.2 Å². The number of nitrogens with one attached hydrogen (secondary N) is 1. The molecule has 0 fully saturated rings. The maximum atomic E-state index is 13.4. The molecule has 0 aliphatic carbocycles. The lowest BCUT2D eigenvalue weighted by Crippen LogP contribution is -2.32. The topological polar surface area (TPSA) is 49.4 Å². The van der Waals surface area contributed by atoms with E-state index in [9.17, 15) is 9.59 Å². The van der Waals surface area contributed by atoms with Crippen LogP contribution in [0.2, 0.25) is 0 Å². The van der Waals surface area contributed by atoms with Gasteiger partial charge in [0.15, 0.2) is 0 Å². The Labute approximate surface area is 176 Å². The number of amides is 2. The minimum absolute atomic E-state index is 0.295. The van der Waals surface area contributed by atoms with Gasteiger partial charge in [0.2, 0.25) is 0 Å². The Morgan fingerprint density at radius 1 is 0.767 bits per heavy atom. The molecule has 4 nitrogen and oxygen atoms in total. The maximum absolute atomic E-state index is 13.4. The number of nitrogens with zero attached hydrogens (tertiary/aromatic N) is 1. The zero-order valence-corrected chi connectivity index (χ0v) is 17.3. The molecule has 4 heteroatoms. The molecule has 4 rings (SSSR count). The molecule has 30 heavy (non-hydrogen) atoms. The van der Waals surface area contributed by atoms with E-state index >= 15 is 0 Å². The van der Waals surface area contributed by atoms with Gasteiger partial charge in [-0.2, -0.15) is 0 Å². The van der Waals surface area contributed by atoms with Gasteiger partial charge in [0.25, 0.3) is 11.8 Å². The number of rotatable bonds is 5. The van der Waals surface area contributed by atoms with E-state index in [1.54, 1.807) is 12.1 Å². The summed E-state index contributed by atoms with van der Waals surface area (Å²) in [6, 6.07) is 24.7. The Kier molecular flexibility index (Phi) is 5.23. The molecule has 3 aromatic rings. The molecule has 3 aromatic carbocycles. The number of carbonyl (C=O) groups excluding carboxylic acids is 2. The second-order valence-corrected chi connectivity index (χ2v) is 7.80. The van der Waals surface area contributed by atoms with Gasteiger partial charge in [-0.25, -0.2) is 4.90 Å². The van der Waals surface area contributed by atoms with E-state index < -0.39 is 0 Å². The summed E-state index contributed by atoms with van der Waals surface area (Å²) in [4.78, 5) is 27.9. The fourth-order valence-corrected chi connectivity index (χ4v) is 3.54. The molecular formula is C26H24N2O2. The highest BCUT2D eigenvalue weighted by molar-refractivity contribution is 6.46. The third-order valence-electron chi connectivity index (χ3n) is 5.29. The van der Waals surface area contributed by atoms with Crippen molar-refractivity contribution >= 4 is 28.8 Å². The van der Waals surface area contributed by atoms with Gasteiger partial charge in [0, 0.05) is 5.69 Å². The highest BCUT2D eigenvalue weighted by Crippen LogP contribution is 2.34. The van der Waals surface area contributed by atoms with Crippen molar-refractivity contribution in [3.05, 3.63) is 101 Å². The zero-order chi connectivity index (χ0) is 21.3. The summed E-state index contributed by atoms with van der Waals surface area (Å²) in [5.74, 6) is -0.253. The second-order valence-electron chi connectivity index (χ2n) is 7.80. The van der Waals surface area contributed by atoms with Crippen LogP contribution in [-0.4, -0.2) is 11.8 Å². The fraction of sp³-hybridized carbons (Fsp3) is 0.154. The number of imide groups is 1. The van der Waals surface area contributed by atoms with Gasteiger partial charge in [0.1, 0.15) is 5.70 Å². The summed E-state index contributed by atoms with van der Waals surface area (Å²) < 4.78 is 0. The number of hydrogen-bond donors (Lipinski definition) is 1. The van der Waals surface area contributed by atoms with E-state index in [1.165, 1.54) is 10.5 Å². The SMILES string of the molecule is Cc1ccc(N2C(=O)C(Nc3ccc(C(C)C)cc3)=C(c3ccccc3)C2=O)cc1. The highest BCUT2D eigenvalue weighted by Gasteiger charge is 2.40. The Hall–Kier alpha value is -3.66. The summed E-state index contributed by atoms with van der Waals surface area (Å²) in [5.41, 5.74) is 5.02. The first-order valence-electron chi connectivity index (χ1n) is 10.1. The normalized spacial score (nSPS) is 14.1. The molecule has 0 radical (unpaired) electrons. The highest BCUT2D eigenvalue weighted by atomic mass is 16.2. The van der Waals surface area contributed by atoms with E-state index in [4.69, 9.17) is 0 Å². The van der Waals surface area contributed by atoms with Crippen LogP contribution in [0.4, 0.5) is 11.4 Å². The average Bonchev–Trinajstić information content (AvgIpc) is 2.99. The molecule has 1 N–H and O–H groups in total. The number of benzene rings is 3. The summed E-state index contributed by atoms with van der Waals surface area (Å²) in [5, 5.41) is 3.21. The molecule has 0 bridgehead atoms. The first kappa shape index (κ1) is 19.6. The molecule has 0 unspecified atom stereocenters. The minimum Gasteiger partial charge on any atom is -0.350 e. The van der Waals surface area contributed by atoms with Crippen LogP contribution in [0.5, 0.6) is 0 Å². The minimum atomic E-state index is -0.351. The maximum Gasteiger partial charge on any atom is 0.282 e. The van der Waals surface area contributed by atoms with E-state index in [-0.39, 0.29) is 11.8 Å². The van der Waals surface area contributed by atoms with E-state index in [2.05, 4.69) is 19.2 Å². The van der Waals surface area contributed by atoms with Crippen LogP contribution in [0.25, 0.3) is 5.57 Å². The number of hydrogen-bond acceptors (Lipinski definition) is 3. The van der Waals surface area contributed by atoms with Gasteiger partial charge in [-0.1, -0.05) is 74.0 Å².